The number of rotatable bonds is 21. The summed E-state index contributed by atoms with van der Waals surface area (Å²) in [5.41, 5.74) is -3.90. The summed E-state index contributed by atoms with van der Waals surface area (Å²) in [6.07, 6.45) is 9.23. The fourth-order valence-electron chi connectivity index (χ4n) is 20.8. The van der Waals surface area contributed by atoms with E-state index >= 15 is 0 Å². The van der Waals surface area contributed by atoms with Crippen LogP contribution in [0.5, 0.6) is 0 Å². The fraction of sp³-hybridized carbons (Fsp3) is 0.867. The van der Waals surface area contributed by atoms with E-state index in [0.29, 0.717) is 82.4 Å². The van der Waals surface area contributed by atoms with Gasteiger partial charge in [0, 0.05) is 91.7 Å². The van der Waals surface area contributed by atoms with Gasteiger partial charge in [-0.3, -0.25) is 52.7 Å². The second kappa shape index (κ2) is 30.6. The van der Waals surface area contributed by atoms with Crippen LogP contribution in [0.1, 0.15) is 221 Å². The van der Waals surface area contributed by atoms with Gasteiger partial charge in [-0.15, -0.1) is 0 Å². The molecular formula is C83H124O24. The van der Waals surface area contributed by atoms with Crippen molar-refractivity contribution >= 4 is 65.7 Å². The molecule has 0 spiro atoms. The zero-order valence-electron chi connectivity index (χ0n) is 67.2. The molecule has 15 aliphatic rings. The molecule has 27 atom stereocenters. The molecule has 107 heavy (non-hydrogen) atoms. The smallest absolute Gasteiger partial charge is 0.312 e. The number of esters is 11. The van der Waals surface area contributed by atoms with Crippen LogP contribution >= 0.6 is 0 Å². The minimum Gasteiger partial charge on any atom is -0.465 e. The molecule has 15 fully saturated rings. The third kappa shape index (κ3) is 15.4. The summed E-state index contributed by atoms with van der Waals surface area (Å²) in [5.74, 6) is 1.61. The average Bonchev–Trinajstić information content (AvgIpc) is 1.61. The van der Waals surface area contributed by atoms with Crippen LogP contribution in [-0.4, -0.2) is 160 Å². The lowest BCUT2D eigenvalue weighted by Crippen LogP contribution is -2.47. The van der Waals surface area contributed by atoms with E-state index in [9.17, 15) is 52.7 Å². The van der Waals surface area contributed by atoms with Gasteiger partial charge in [0.05, 0.1) is 102 Å². The first-order valence-electron chi connectivity index (χ1n) is 40.4. The summed E-state index contributed by atoms with van der Waals surface area (Å²) in [5, 5.41) is 0. The normalized spacial score (nSPS) is 39.1. The van der Waals surface area contributed by atoms with Crippen LogP contribution in [0, 0.1) is 140 Å². The van der Waals surface area contributed by atoms with E-state index in [1.54, 1.807) is 21.0 Å². The number of methoxy groups -OCH3 is 1. The van der Waals surface area contributed by atoms with Crippen molar-refractivity contribution < 1.29 is 114 Å². The molecule has 5 heterocycles. The maximum Gasteiger partial charge on any atom is 0.312 e. The van der Waals surface area contributed by atoms with E-state index in [4.69, 9.17) is 61.6 Å². The van der Waals surface area contributed by atoms with E-state index in [1.807, 2.05) is 111 Å². The first kappa shape index (κ1) is 82.1. The molecule has 15 rings (SSSR count). The Labute approximate surface area is 632 Å². The Balaban J connectivity index is 0.000000134. The lowest BCUT2D eigenvalue weighted by Gasteiger charge is -2.36. The topological polar surface area (TPSA) is 308 Å². The van der Waals surface area contributed by atoms with Gasteiger partial charge in [-0.1, -0.05) is 41.5 Å². The summed E-state index contributed by atoms with van der Waals surface area (Å²) in [4.78, 5) is 133. The number of carbonyl (C=O) groups is 11. The highest BCUT2D eigenvalue weighted by Crippen LogP contribution is 2.63. The van der Waals surface area contributed by atoms with Crippen molar-refractivity contribution in [2.45, 2.75) is 275 Å². The average molecular weight is 1510 g/mol. The highest BCUT2D eigenvalue weighted by molar-refractivity contribution is 5.82. The first-order chi connectivity index (χ1) is 50.1. The van der Waals surface area contributed by atoms with Gasteiger partial charge in [-0.2, -0.15) is 0 Å². The van der Waals surface area contributed by atoms with Crippen LogP contribution in [0.15, 0.2) is 0 Å². The van der Waals surface area contributed by atoms with Crippen molar-refractivity contribution in [2.24, 2.45) is 140 Å². The molecular weight excluding hydrogens is 1380 g/mol. The maximum absolute atomic E-state index is 12.5. The van der Waals surface area contributed by atoms with E-state index in [-0.39, 0.29) is 204 Å². The van der Waals surface area contributed by atoms with Crippen LogP contribution in [-0.2, 0) is 114 Å². The molecule has 24 nitrogen and oxygen atoms in total. The highest BCUT2D eigenvalue weighted by atomic mass is 16.6. The second-order valence-electron chi connectivity index (χ2n) is 37.9. The monoisotopic (exact) mass is 1500 g/mol. The summed E-state index contributed by atoms with van der Waals surface area (Å²) in [7, 11) is 1.63. The van der Waals surface area contributed by atoms with E-state index in [2.05, 4.69) is 6.92 Å². The molecule has 10 bridgehead atoms. The van der Waals surface area contributed by atoms with E-state index in [0.717, 1.165) is 57.8 Å². The standard InChI is InChI=1S/C19H28O6.C17H26O5.C16H24O5.C16H24O4.C15H22O4/c1-6-17(2,3)16(22)25-18(4,5)10-14(20)24-19-7-11-12(8-19)15(21)23-13(11)9-19;1-5-17(3,4)16(19)22-14-9-7-10(13(14)20-6-2)12-11(9)8-21-15(12)18;1-5-16(2,3)15(18)21-13-8-6-9(12(13)19-4)11-10(8)7-20-14(11)17;1-5-16(3,4)15(18)20-13-8(2)9-6-10(13)11-7-19-14(17)12(9)11;1-4-15(2,3)14(17)19-11-6-8-5-9(11)10-7-18-13(16)12(8)10/h11-13H,6-10H2,1-5H3;9-14H,5-8H2,1-4H3;8-13H,5-7H2,1-4H3;8-13H,5-7H2,1-4H3;8-12H,4-7H2,1-3H3. The molecule has 0 radical (unpaired) electrons. The zero-order valence-corrected chi connectivity index (χ0v) is 67.2. The molecule has 10 saturated carbocycles. The predicted molar refractivity (Wildman–Crippen MR) is 382 cm³/mol. The molecule has 5 saturated heterocycles. The quantitative estimate of drug-likeness (QED) is 0.0761. The van der Waals surface area contributed by atoms with Crippen LogP contribution in [0.2, 0.25) is 0 Å². The summed E-state index contributed by atoms with van der Waals surface area (Å²) in [6, 6.07) is 0. The Morgan fingerprint density at radius 2 is 0.813 bits per heavy atom. The molecule has 5 aliphatic heterocycles. The molecule has 0 N–H and O–H groups in total. The molecule has 10 aliphatic carbocycles. The molecule has 27 unspecified atom stereocenters. The van der Waals surface area contributed by atoms with Gasteiger partial charge in [0.2, 0.25) is 0 Å². The largest absolute Gasteiger partial charge is 0.465 e. The van der Waals surface area contributed by atoms with Crippen LogP contribution < -0.4 is 0 Å². The van der Waals surface area contributed by atoms with Gasteiger partial charge < -0.3 is 61.6 Å². The molecule has 600 valence electrons. The molecule has 0 amide bonds. The Hall–Kier alpha value is -5.91. The minimum absolute atomic E-state index is 0.000856. The summed E-state index contributed by atoms with van der Waals surface area (Å²) in [6.45, 7) is 38.9. The van der Waals surface area contributed by atoms with Crippen LogP contribution in [0.25, 0.3) is 0 Å². The Morgan fingerprint density at radius 3 is 1.26 bits per heavy atom. The van der Waals surface area contributed by atoms with Crippen molar-refractivity contribution in [2.75, 3.05) is 40.1 Å². The van der Waals surface area contributed by atoms with Gasteiger partial charge in [0.15, 0.2) is 0 Å². The molecule has 0 aromatic heterocycles. The van der Waals surface area contributed by atoms with Gasteiger partial charge >= 0.3 is 65.7 Å². The summed E-state index contributed by atoms with van der Waals surface area (Å²) >= 11 is 0. The van der Waals surface area contributed by atoms with E-state index < -0.39 is 38.3 Å². The first-order valence-corrected chi connectivity index (χ1v) is 40.4. The third-order valence-corrected chi connectivity index (χ3v) is 29.3. The predicted octanol–water partition coefficient (Wildman–Crippen LogP) is 11.3. The van der Waals surface area contributed by atoms with Gasteiger partial charge in [0.1, 0.15) is 41.7 Å². The van der Waals surface area contributed by atoms with E-state index in [1.165, 1.54) is 0 Å². The number of carbonyl (C=O) groups excluding carboxylic acids is 11. The van der Waals surface area contributed by atoms with Gasteiger partial charge in [0.25, 0.3) is 0 Å². The molecule has 24 heteroatoms. The highest BCUT2D eigenvalue weighted by Gasteiger charge is 2.69. The second-order valence-corrected chi connectivity index (χ2v) is 37.9. The lowest BCUT2D eigenvalue weighted by atomic mass is 9.74. The lowest BCUT2D eigenvalue weighted by molar-refractivity contribution is -0.177. The van der Waals surface area contributed by atoms with Gasteiger partial charge in [-0.05, 0) is 178 Å². The van der Waals surface area contributed by atoms with Crippen molar-refractivity contribution in [1.29, 1.82) is 0 Å². The number of hydrogen-bond acceptors (Lipinski definition) is 24. The zero-order chi connectivity index (χ0) is 78.5. The van der Waals surface area contributed by atoms with Gasteiger partial charge in [-0.25, -0.2) is 0 Å². The maximum atomic E-state index is 12.5. The molecule has 0 aromatic rings. The summed E-state index contributed by atoms with van der Waals surface area (Å²) < 4.78 is 72.2. The molecule has 0 aromatic carbocycles. The van der Waals surface area contributed by atoms with Crippen LogP contribution in [0.3, 0.4) is 0 Å². The Morgan fingerprint density at radius 1 is 0.411 bits per heavy atom. The third-order valence-electron chi connectivity index (χ3n) is 29.3. The number of hydrogen-bond donors (Lipinski definition) is 0. The number of cyclic esters (lactones) is 4. The van der Waals surface area contributed by atoms with Crippen LogP contribution in [0.4, 0.5) is 0 Å². The van der Waals surface area contributed by atoms with Crippen molar-refractivity contribution in [3.63, 3.8) is 0 Å². The van der Waals surface area contributed by atoms with Crippen molar-refractivity contribution in [3.8, 4) is 0 Å². The number of fused-ring (bicyclic) bond motifs is 21. The Kier molecular flexibility index (Phi) is 23.5. The number of ether oxygens (including phenoxy) is 13. The van der Waals surface area contributed by atoms with Crippen molar-refractivity contribution in [3.05, 3.63) is 0 Å². The van der Waals surface area contributed by atoms with Crippen molar-refractivity contribution in [1.82, 2.24) is 0 Å². The fourth-order valence-corrected chi connectivity index (χ4v) is 20.8. The SMILES string of the molecule is CCC(C)(C)C(=O)OC(C)(C)CC(=O)OC12CC3OC(=O)C(C1)C3C2.CCC(C)(C)C(=O)OC1C(C)C2CC1C1COC(=O)C21.CCC(C)(C)C(=O)OC1C2CC(C1OC)C1C(=O)OCC21.CCC(C)(C)C(=O)OC1CC2CC1C1COC(=O)C21.CCOC1C2CC(C3COC(=O)C32)C1OC(=O)C(C)(C)CC. The Bertz CT molecular complexity index is 3400. The minimum atomic E-state index is -0.931.